The maximum absolute atomic E-state index is 11.7. The molecule has 2 rings (SSSR count). The number of rotatable bonds is 3. The molecule has 1 aromatic carbocycles. The van der Waals surface area contributed by atoms with Crippen molar-refractivity contribution in [1.82, 2.24) is 0 Å². The molecular weight excluding hydrogens is 306 g/mol. The second-order valence-electron chi connectivity index (χ2n) is 6.56. The lowest BCUT2D eigenvalue weighted by atomic mass is 9.64. The van der Waals surface area contributed by atoms with Gasteiger partial charge >= 0.3 is 12.1 Å². The van der Waals surface area contributed by atoms with Gasteiger partial charge < -0.3 is 9.84 Å². The average molecular weight is 326 g/mol. The van der Waals surface area contributed by atoms with Gasteiger partial charge in [0.1, 0.15) is 5.60 Å². The Balaban J connectivity index is 2.17. The third-order valence-electron chi connectivity index (χ3n) is 3.75. The average Bonchev–Trinajstić information content (AvgIpc) is 2.27. The number of ether oxygens (including phenoxy) is 1. The monoisotopic (exact) mass is 325 g/mol. The van der Waals surface area contributed by atoms with E-state index in [1.165, 1.54) is 0 Å². The Hall–Kier alpha value is -1.75. The van der Waals surface area contributed by atoms with Crippen LogP contribution in [0.5, 0.6) is 0 Å². The molecule has 0 saturated heterocycles. The van der Waals surface area contributed by atoms with Crippen LogP contribution in [0.15, 0.2) is 18.2 Å². The summed E-state index contributed by atoms with van der Waals surface area (Å²) in [5.74, 6) is -0.853. The normalized spacial score (nSPS) is 16.5. The van der Waals surface area contributed by atoms with Gasteiger partial charge in [-0.05, 0) is 51.3 Å². The minimum absolute atomic E-state index is 0.343. The molecule has 6 heteroatoms. The fraction of sp³-hybridized carbons (Fsp3) is 0.500. The molecule has 120 valence electrons. The fourth-order valence-electron chi connectivity index (χ4n) is 2.53. The Kier molecular flexibility index (Phi) is 4.38. The van der Waals surface area contributed by atoms with Gasteiger partial charge in [-0.3, -0.25) is 10.1 Å². The third kappa shape index (κ3) is 3.35. The van der Waals surface area contributed by atoms with Crippen LogP contribution in [0.4, 0.5) is 10.5 Å². The molecule has 1 fully saturated rings. The van der Waals surface area contributed by atoms with Gasteiger partial charge in [0.05, 0.1) is 5.41 Å². The fourth-order valence-corrected chi connectivity index (χ4v) is 2.89. The SMILES string of the molecule is CC(C)(C)OC(=O)Nc1ccc(C2(C(=O)O)CCC2)c(Cl)c1. The first-order valence-corrected chi connectivity index (χ1v) is 7.55. The summed E-state index contributed by atoms with van der Waals surface area (Å²) in [6.07, 6.45) is 1.47. The number of carbonyl (C=O) groups excluding carboxylic acids is 1. The number of aliphatic carboxylic acids is 1. The Bertz CT molecular complexity index is 603. The molecule has 1 saturated carbocycles. The maximum Gasteiger partial charge on any atom is 0.412 e. The van der Waals surface area contributed by atoms with E-state index in [1.54, 1.807) is 39.0 Å². The first-order chi connectivity index (χ1) is 10.1. The van der Waals surface area contributed by atoms with Crippen molar-refractivity contribution in [2.24, 2.45) is 0 Å². The number of anilines is 1. The summed E-state index contributed by atoms with van der Waals surface area (Å²) in [6.45, 7) is 5.32. The smallest absolute Gasteiger partial charge is 0.412 e. The second-order valence-corrected chi connectivity index (χ2v) is 6.97. The number of carboxylic acids is 1. The van der Waals surface area contributed by atoms with E-state index in [0.29, 0.717) is 29.1 Å². The van der Waals surface area contributed by atoms with Crippen molar-refractivity contribution < 1.29 is 19.4 Å². The van der Waals surface area contributed by atoms with Gasteiger partial charge in [-0.15, -0.1) is 0 Å². The number of hydrogen-bond acceptors (Lipinski definition) is 3. The summed E-state index contributed by atoms with van der Waals surface area (Å²) >= 11 is 6.23. The van der Waals surface area contributed by atoms with Gasteiger partial charge in [-0.25, -0.2) is 4.79 Å². The molecule has 0 unspecified atom stereocenters. The van der Waals surface area contributed by atoms with Crippen LogP contribution in [-0.4, -0.2) is 22.8 Å². The zero-order chi connectivity index (χ0) is 16.5. The molecule has 1 aliphatic carbocycles. The van der Waals surface area contributed by atoms with Gasteiger partial charge in [0.15, 0.2) is 0 Å². The van der Waals surface area contributed by atoms with Gasteiger partial charge in [0.2, 0.25) is 0 Å². The van der Waals surface area contributed by atoms with E-state index < -0.39 is 23.1 Å². The number of hydrogen-bond donors (Lipinski definition) is 2. The largest absolute Gasteiger partial charge is 0.481 e. The zero-order valence-corrected chi connectivity index (χ0v) is 13.7. The van der Waals surface area contributed by atoms with E-state index in [2.05, 4.69) is 5.32 Å². The molecule has 0 radical (unpaired) electrons. The summed E-state index contributed by atoms with van der Waals surface area (Å²) in [7, 11) is 0. The van der Waals surface area contributed by atoms with E-state index in [9.17, 15) is 14.7 Å². The topological polar surface area (TPSA) is 75.6 Å². The van der Waals surface area contributed by atoms with Crippen molar-refractivity contribution in [3.63, 3.8) is 0 Å². The van der Waals surface area contributed by atoms with Crippen LogP contribution in [0.1, 0.15) is 45.6 Å². The molecule has 5 nitrogen and oxygen atoms in total. The number of carbonyl (C=O) groups is 2. The third-order valence-corrected chi connectivity index (χ3v) is 4.06. The predicted molar refractivity (Wildman–Crippen MR) is 84.5 cm³/mol. The molecule has 22 heavy (non-hydrogen) atoms. The summed E-state index contributed by atoms with van der Waals surface area (Å²) in [6, 6.07) is 4.88. The summed E-state index contributed by atoms with van der Waals surface area (Å²) in [5.41, 5.74) is -0.403. The molecule has 0 aromatic heterocycles. The second kappa shape index (κ2) is 5.80. The van der Waals surface area contributed by atoms with Gasteiger partial charge in [-0.2, -0.15) is 0 Å². The van der Waals surface area contributed by atoms with Gasteiger partial charge in [0.25, 0.3) is 0 Å². The number of carboxylic acid groups (broad SMARTS) is 1. The predicted octanol–water partition coefficient (Wildman–Crippen LogP) is 4.19. The Morgan fingerprint density at radius 1 is 1.32 bits per heavy atom. The standard InChI is InChI=1S/C16H20ClNO4/c1-15(2,3)22-14(21)18-10-5-6-11(12(17)9-10)16(13(19)20)7-4-8-16/h5-6,9H,4,7-8H2,1-3H3,(H,18,21)(H,19,20). The molecule has 2 N–H and O–H groups in total. The van der Waals surface area contributed by atoms with Gasteiger partial charge in [-0.1, -0.05) is 24.1 Å². The van der Waals surface area contributed by atoms with Crippen LogP contribution < -0.4 is 5.32 Å². The van der Waals surface area contributed by atoms with Crippen LogP contribution in [0.3, 0.4) is 0 Å². The van der Waals surface area contributed by atoms with Crippen molar-refractivity contribution >= 4 is 29.4 Å². The van der Waals surface area contributed by atoms with E-state index in [4.69, 9.17) is 16.3 Å². The van der Waals surface area contributed by atoms with Crippen molar-refractivity contribution in [2.75, 3.05) is 5.32 Å². The highest BCUT2D eigenvalue weighted by Crippen LogP contribution is 2.46. The number of halogens is 1. The molecule has 0 aliphatic heterocycles. The molecule has 0 atom stereocenters. The Labute approximate surface area is 134 Å². The first kappa shape index (κ1) is 16.6. The quantitative estimate of drug-likeness (QED) is 0.873. The van der Waals surface area contributed by atoms with Crippen LogP contribution in [-0.2, 0) is 14.9 Å². The van der Waals surface area contributed by atoms with Gasteiger partial charge in [0, 0.05) is 10.7 Å². The van der Waals surface area contributed by atoms with Crippen molar-refractivity contribution in [3.8, 4) is 0 Å². The lowest BCUT2D eigenvalue weighted by Crippen LogP contribution is -2.42. The summed E-state index contributed by atoms with van der Waals surface area (Å²) in [5, 5.41) is 12.4. The molecular formula is C16H20ClNO4. The molecule has 1 aliphatic rings. The molecule has 0 bridgehead atoms. The molecule has 0 spiro atoms. The highest BCUT2D eigenvalue weighted by atomic mass is 35.5. The summed E-state index contributed by atoms with van der Waals surface area (Å²) < 4.78 is 5.16. The van der Waals surface area contributed by atoms with Crippen LogP contribution in [0, 0.1) is 0 Å². The van der Waals surface area contributed by atoms with E-state index >= 15 is 0 Å². The Morgan fingerprint density at radius 3 is 2.36 bits per heavy atom. The van der Waals surface area contributed by atoms with Crippen LogP contribution in [0.2, 0.25) is 5.02 Å². The number of benzene rings is 1. The highest BCUT2D eigenvalue weighted by Gasteiger charge is 2.47. The maximum atomic E-state index is 11.7. The lowest BCUT2D eigenvalue weighted by molar-refractivity contribution is -0.147. The lowest BCUT2D eigenvalue weighted by Gasteiger charge is -2.38. The number of nitrogens with one attached hydrogen (secondary N) is 1. The van der Waals surface area contributed by atoms with E-state index in [1.807, 2.05) is 0 Å². The van der Waals surface area contributed by atoms with Crippen molar-refractivity contribution in [2.45, 2.75) is 51.0 Å². The van der Waals surface area contributed by atoms with Crippen molar-refractivity contribution in [1.29, 1.82) is 0 Å². The highest BCUT2D eigenvalue weighted by molar-refractivity contribution is 6.32. The van der Waals surface area contributed by atoms with Crippen LogP contribution >= 0.6 is 11.6 Å². The summed E-state index contributed by atoms with van der Waals surface area (Å²) in [4.78, 5) is 23.3. The van der Waals surface area contributed by atoms with E-state index in [-0.39, 0.29) is 0 Å². The molecule has 1 amide bonds. The van der Waals surface area contributed by atoms with Crippen molar-refractivity contribution in [3.05, 3.63) is 28.8 Å². The van der Waals surface area contributed by atoms with Crippen LogP contribution in [0.25, 0.3) is 0 Å². The minimum atomic E-state index is -0.887. The number of amides is 1. The Morgan fingerprint density at radius 2 is 1.95 bits per heavy atom. The molecule has 0 heterocycles. The zero-order valence-electron chi connectivity index (χ0n) is 12.9. The first-order valence-electron chi connectivity index (χ1n) is 7.17. The van der Waals surface area contributed by atoms with E-state index in [0.717, 1.165) is 6.42 Å². The molecule has 1 aromatic rings. The minimum Gasteiger partial charge on any atom is -0.481 e.